The quantitative estimate of drug-likeness (QED) is 0.645. The predicted octanol–water partition coefficient (Wildman–Crippen LogP) is 1.06. The Morgan fingerprint density at radius 1 is 1.10 bits per heavy atom. The van der Waals surface area contributed by atoms with Gasteiger partial charge in [-0.2, -0.15) is 0 Å². The van der Waals surface area contributed by atoms with Gasteiger partial charge in [0, 0.05) is 38.0 Å². The summed E-state index contributed by atoms with van der Waals surface area (Å²) in [6, 6.07) is 7.17. The molecule has 0 atom stereocenters. The van der Waals surface area contributed by atoms with Crippen LogP contribution in [0.1, 0.15) is 45.6 Å². The van der Waals surface area contributed by atoms with Gasteiger partial charge in [0.1, 0.15) is 0 Å². The number of benzene rings is 1. The number of nitrogens with zero attached hydrogens (tertiary/aromatic N) is 2. The van der Waals surface area contributed by atoms with E-state index < -0.39 is 10.0 Å². The van der Waals surface area contributed by atoms with Crippen LogP contribution in [0.5, 0.6) is 0 Å². The lowest BCUT2D eigenvalue weighted by atomic mass is 9.87. The largest absolute Gasteiger partial charge is 0.369 e. The zero-order chi connectivity index (χ0) is 22.8. The van der Waals surface area contributed by atoms with E-state index in [1.165, 1.54) is 0 Å². The molecular weight excluding hydrogens is 416 g/mol. The molecule has 0 radical (unpaired) electrons. The molecule has 3 N–H and O–H groups in total. The van der Waals surface area contributed by atoms with Crippen LogP contribution in [0.15, 0.2) is 29.2 Å². The van der Waals surface area contributed by atoms with Crippen molar-refractivity contribution in [1.29, 1.82) is 0 Å². The number of sulfonamides is 1. The van der Waals surface area contributed by atoms with Crippen molar-refractivity contribution in [2.75, 3.05) is 32.7 Å². The molecule has 2 amide bonds. The first-order valence-electron chi connectivity index (χ1n) is 10.9. The van der Waals surface area contributed by atoms with Crippen molar-refractivity contribution in [3.63, 3.8) is 0 Å². The zero-order valence-corrected chi connectivity index (χ0v) is 19.5. The number of amides is 2. The summed E-state index contributed by atoms with van der Waals surface area (Å²) in [4.78, 5) is 27.9. The van der Waals surface area contributed by atoms with Crippen molar-refractivity contribution in [3.8, 4) is 0 Å². The maximum Gasteiger partial charge on any atom is 0.240 e. The Hall–Kier alpha value is -1.97. The van der Waals surface area contributed by atoms with Crippen LogP contribution in [0.25, 0.3) is 0 Å². The van der Waals surface area contributed by atoms with Gasteiger partial charge in [-0.1, -0.05) is 32.9 Å². The number of carbonyl (C=O) groups excluding carboxylic acids is 2. The van der Waals surface area contributed by atoms with Crippen molar-refractivity contribution in [1.82, 2.24) is 14.5 Å². The van der Waals surface area contributed by atoms with Crippen molar-refractivity contribution in [2.45, 2.75) is 56.4 Å². The first kappa shape index (κ1) is 23.7. The average molecular weight is 451 g/mol. The monoisotopic (exact) mass is 450 g/mol. The third kappa shape index (κ3) is 5.84. The Bertz CT molecular complexity index is 894. The van der Waals surface area contributed by atoms with Crippen molar-refractivity contribution < 1.29 is 18.0 Å². The molecule has 0 saturated carbocycles. The van der Waals surface area contributed by atoms with E-state index in [9.17, 15) is 18.0 Å². The molecule has 2 aliphatic heterocycles. The van der Waals surface area contributed by atoms with E-state index in [0.29, 0.717) is 19.1 Å². The number of nitrogens with two attached hydrogens (primary N) is 1. The molecule has 8 nitrogen and oxygen atoms in total. The van der Waals surface area contributed by atoms with Gasteiger partial charge in [-0.05, 0) is 49.0 Å². The van der Waals surface area contributed by atoms with Crippen LogP contribution in [0, 0.1) is 5.92 Å². The minimum Gasteiger partial charge on any atom is -0.369 e. The number of rotatable bonds is 7. The third-order valence-corrected chi connectivity index (χ3v) is 7.80. The van der Waals surface area contributed by atoms with Gasteiger partial charge in [-0.25, -0.2) is 13.1 Å². The first-order valence-corrected chi connectivity index (χ1v) is 12.4. The molecule has 172 valence electrons. The summed E-state index contributed by atoms with van der Waals surface area (Å²) in [5.41, 5.74) is 6.39. The van der Waals surface area contributed by atoms with E-state index in [4.69, 9.17) is 5.73 Å². The molecule has 3 rings (SSSR count). The molecule has 0 unspecified atom stereocenters. The normalized spacial score (nSPS) is 19.3. The van der Waals surface area contributed by atoms with Gasteiger partial charge in [-0.3, -0.25) is 14.5 Å². The summed E-state index contributed by atoms with van der Waals surface area (Å²) >= 11 is 0. The molecule has 0 aromatic heterocycles. The topological polar surface area (TPSA) is 113 Å². The van der Waals surface area contributed by atoms with Crippen LogP contribution in [-0.4, -0.2) is 68.8 Å². The second-order valence-corrected chi connectivity index (χ2v) is 11.4. The van der Waals surface area contributed by atoms with Crippen LogP contribution in [0.3, 0.4) is 0 Å². The second-order valence-electron chi connectivity index (χ2n) is 9.59. The Morgan fingerprint density at radius 2 is 1.68 bits per heavy atom. The SMILES string of the molecule is CC(C)(C)c1ccc(S(=O)(=O)NCCC(=O)N2CC(N3CCC(C(N)=O)CC3)C2)cc1. The zero-order valence-electron chi connectivity index (χ0n) is 18.6. The number of primary amides is 1. The van der Waals surface area contributed by atoms with Crippen LogP contribution >= 0.6 is 0 Å². The summed E-state index contributed by atoms with van der Waals surface area (Å²) in [7, 11) is -3.64. The molecule has 0 bridgehead atoms. The van der Waals surface area contributed by atoms with Crippen molar-refractivity contribution >= 4 is 21.8 Å². The molecule has 2 aliphatic rings. The molecule has 9 heteroatoms. The highest BCUT2D eigenvalue weighted by atomic mass is 32.2. The fraction of sp³-hybridized carbons (Fsp3) is 0.636. The Labute approximate surface area is 185 Å². The number of likely N-dealkylation sites (tertiary alicyclic amines) is 2. The number of hydrogen-bond acceptors (Lipinski definition) is 5. The van der Waals surface area contributed by atoms with Crippen molar-refractivity contribution in [2.24, 2.45) is 11.7 Å². The summed E-state index contributed by atoms with van der Waals surface area (Å²) in [5, 5.41) is 0. The molecule has 2 heterocycles. The minimum atomic E-state index is -3.64. The highest BCUT2D eigenvalue weighted by Gasteiger charge is 2.36. The van der Waals surface area contributed by atoms with Gasteiger partial charge in [0.2, 0.25) is 21.8 Å². The van der Waals surface area contributed by atoms with Crippen LogP contribution in [-0.2, 0) is 25.0 Å². The Balaban J connectivity index is 1.40. The van der Waals surface area contributed by atoms with E-state index in [0.717, 1.165) is 31.5 Å². The van der Waals surface area contributed by atoms with Gasteiger partial charge < -0.3 is 10.6 Å². The highest BCUT2D eigenvalue weighted by molar-refractivity contribution is 7.89. The highest BCUT2D eigenvalue weighted by Crippen LogP contribution is 2.24. The van der Waals surface area contributed by atoms with Crippen molar-refractivity contribution in [3.05, 3.63) is 29.8 Å². The Morgan fingerprint density at radius 3 is 2.19 bits per heavy atom. The summed E-state index contributed by atoms with van der Waals surface area (Å²) in [6.07, 6.45) is 1.69. The van der Waals surface area contributed by atoms with Gasteiger partial charge >= 0.3 is 0 Å². The van der Waals surface area contributed by atoms with Crippen LogP contribution in [0.2, 0.25) is 0 Å². The number of hydrogen-bond donors (Lipinski definition) is 2. The van der Waals surface area contributed by atoms with E-state index >= 15 is 0 Å². The van der Waals surface area contributed by atoms with E-state index in [1.54, 1.807) is 17.0 Å². The lowest BCUT2D eigenvalue weighted by Crippen LogP contribution is -2.62. The molecule has 1 aromatic carbocycles. The predicted molar refractivity (Wildman–Crippen MR) is 119 cm³/mol. The number of carbonyl (C=O) groups is 2. The summed E-state index contributed by atoms with van der Waals surface area (Å²) < 4.78 is 27.5. The molecule has 31 heavy (non-hydrogen) atoms. The Kier molecular flexibility index (Phi) is 7.08. The molecule has 2 fully saturated rings. The van der Waals surface area contributed by atoms with Gasteiger partial charge in [0.25, 0.3) is 0 Å². The maximum absolute atomic E-state index is 12.5. The smallest absolute Gasteiger partial charge is 0.240 e. The summed E-state index contributed by atoms with van der Waals surface area (Å²) in [6.45, 7) is 9.26. The minimum absolute atomic E-state index is 0.0354. The fourth-order valence-corrected chi connectivity index (χ4v) is 5.14. The lowest BCUT2D eigenvalue weighted by molar-refractivity contribution is -0.139. The van der Waals surface area contributed by atoms with Gasteiger partial charge in [0.15, 0.2) is 0 Å². The summed E-state index contributed by atoms with van der Waals surface area (Å²) in [5.74, 6) is -0.307. The second kappa shape index (κ2) is 9.26. The standard InChI is InChI=1S/C22H34N4O4S/c1-22(2,3)17-4-6-19(7-5-17)31(29,30)24-11-8-20(27)26-14-18(15-26)25-12-9-16(10-13-25)21(23)28/h4-7,16,18,24H,8-15H2,1-3H3,(H2,23,28). The van der Waals surface area contributed by atoms with E-state index in [1.807, 2.05) is 12.1 Å². The molecule has 1 aromatic rings. The molecule has 0 spiro atoms. The molecule has 2 saturated heterocycles. The molecule has 0 aliphatic carbocycles. The third-order valence-electron chi connectivity index (χ3n) is 6.32. The first-order chi connectivity index (χ1) is 14.5. The maximum atomic E-state index is 12.5. The van der Waals surface area contributed by atoms with Gasteiger partial charge in [-0.15, -0.1) is 0 Å². The fourth-order valence-electron chi connectivity index (χ4n) is 4.11. The molecular formula is C22H34N4O4S. The van der Waals surface area contributed by atoms with Gasteiger partial charge in [0.05, 0.1) is 4.90 Å². The average Bonchev–Trinajstić information content (AvgIpc) is 2.66. The van der Waals surface area contributed by atoms with Crippen LogP contribution in [0.4, 0.5) is 0 Å². The number of piperidine rings is 1. The van der Waals surface area contributed by atoms with E-state index in [-0.39, 0.29) is 41.0 Å². The lowest BCUT2D eigenvalue weighted by Gasteiger charge is -2.47. The van der Waals surface area contributed by atoms with Crippen LogP contribution < -0.4 is 10.5 Å². The number of nitrogens with one attached hydrogen (secondary N) is 1. The van der Waals surface area contributed by atoms with E-state index in [2.05, 4.69) is 30.4 Å².